The fraction of sp³-hybridized carbons (Fsp3) is 0.333. The van der Waals surface area contributed by atoms with Crippen LogP contribution in [0.25, 0.3) is 11.3 Å². The van der Waals surface area contributed by atoms with Crippen molar-refractivity contribution < 1.29 is 15.4 Å². The highest BCUT2D eigenvalue weighted by Gasteiger charge is 2.18. The van der Waals surface area contributed by atoms with Crippen molar-refractivity contribution in [3.8, 4) is 11.3 Å². The molecule has 0 spiro atoms. The third-order valence-electron chi connectivity index (χ3n) is 2.89. The van der Waals surface area contributed by atoms with Crippen molar-refractivity contribution in [3.63, 3.8) is 0 Å². The fourth-order valence-electron chi connectivity index (χ4n) is 2.05. The third-order valence-corrected chi connectivity index (χ3v) is 2.89. The third kappa shape index (κ3) is 2.51. The number of fused-ring (bicyclic) bond motifs is 1. The van der Waals surface area contributed by atoms with E-state index in [-0.39, 0.29) is 18.6 Å². The zero-order valence-electron chi connectivity index (χ0n) is 10.3. The van der Waals surface area contributed by atoms with Crippen molar-refractivity contribution in [2.45, 2.75) is 0 Å². The zero-order valence-corrected chi connectivity index (χ0v) is 10.3. The highest BCUT2D eigenvalue weighted by molar-refractivity contribution is 5.76. The van der Waals surface area contributed by atoms with Crippen LogP contribution in [0, 0.1) is 5.41 Å². The van der Waals surface area contributed by atoms with Crippen LogP contribution in [-0.2, 0) is 0 Å². The molecule has 0 amide bonds. The van der Waals surface area contributed by atoms with Crippen molar-refractivity contribution in [1.29, 1.82) is 5.41 Å². The van der Waals surface area contributed by atoms with Crippen molar-refractivity contribution in [2.75, 3.05) is 31.2 Å². The smallest absolute Gasteiger partial charge is 0.134 e. The average Bonchev–Trinajstić information content (AvgIpc) is 2.40. The van der Waals surface area contributed by atoms with Gasteiger partial charge in [0.15, 0.2) is 0 Å². The number of nitrogens with one attached hydrogen (secondary N) is 1. The number of aliphatic hydroxyl groups excluding tert-OH is 2. The van der Waals surface area contributed by atoms with E-state index >= 15 is 0 Å². The molecule has 2 rings (SSSR count). The van der Waals surface area contributed by atoms with Crippen molar-refractivity contribution in [1.82, 2.24) is 9.94 Å². The van der Waals surface area contributed by atoms with Crippen molar-refractivity contribution in [2.24, 2.45) is 0 Å². The lowest BCUT2D eigenvalue weighted by molar-refractivity contribution is 0.148. The molecule has 7 nitrogen and oxygen atoms in total. The first kappa shape index (κ1) is 13.3. The number of anilines is 1. The van der Waals surface area contributed by atoms with E-state index < -0.39 is 0 Å². The van der Waals surface area contributed by atoms with E-state index in [4.69, 9.17) is 15.6 Å². The highest BCUT2D eigenvalue weighted by Crippen LogP contribution is 2.28. The average molecular weight is 264 g/mol. The van der Waals surface area contributed by atoms with Gasteiger partial charge >= 0.3 is 0 Å². The van der Waals surface area contributed by atoms with Gasteiger partial charge in [-0.2, -0.15) is 0 Å². The molecule has 0 bridgehead atoms. The molecular weight excluding hydrogens is 248 g/mol. The molecule has 19 heavy (non-hydrogen) atoms. The molecule has 0 aromatic rings. The lowest BCUT2D eigenvalue weighted by Crippen LogP contribution is -2.31. The number of rotatable bonds is 5. The molecule has 0 aromatic carbocycles. The largest absolute Gasteiger partial charge is 0.411 e. The van der Waals surface area contributed by atoms with Gasteiger partial charge in [0.25, 0.3) is 0 Å². The van der Waals surface area contributed by atoms with Crippen LogP contribution >= 0.6 is 0 Å². The second kappa shape index (κ2) is 5.68. The molecule has 0 radical (unpaired) electrons. The lowest BCUT2D eigenvalue weighted by atomic mass is 10.1. The maximum Gasteiger partial charge on any atom is 0.134 e. The van der Waals surface area contributed by atoms with Gasteiger partial charge in [0, 0.05) is 18.7 Å². The normalized spacial score (nSPS) is 10.8. The van der Waals surface area contributed by atoms with Gasteiger partial charge in [0.05, 0.1) is 30.5 Å². The van der Waals surface area contributed by atoms with Crippen LogP contribution in [0.15, 0.2) is 24.4 Å². The number of aromatic nitrogens is 2. The molecule has 102 valence electrons. The summed E-state index contributed by atoms with van der Waals surface area (Å²) in [6, 6.07) is 4.92. The van der Waals surface area contributed by atoms with Crippen LogP contribution in [0.2, 0.25) is 0 Å². The highest BCUT2D eigenvalue weighted by atomic mass is 16.5. The summed E-state index contributed by atoms with van der Waals surface area (Å²) in [4.78, 5) is 2.45. The lowest BCUT2D eigenvalue weighted by Gasteiger charge is -2.26. The summed E-state index contributed by atoms with van der Waals surface area (Å²) in [5.74, 6) is 0. The zero-order chi connectivity index (χ0) is 13.8. The number of hydrogen-bond acceptors (Lipinski definition) is 6. The Hall–Kier alpha value is -2.12. The molecule has 0 unspecified atom stereocenters. The van der Waals surface area contributed by atoms with Crippen molar-refractivity contribution >= 4 is 5.69 Å². The first-order valence-electron chi connectivity index (χ1n) is 5.90. The van der Waals surface area contributed by atoms with Gasteiger partial charge < -0.3 is 25.7 Å². The minimum atomic E-state index is -0.0736. The topological polar surface area (TPSA) is 106 Å². The predicted molar refractivity (Wildman–Crippen MR) is 68.3 cm³/mol. The van der Waals surface area contributed by atoms with E-state index in [2.05, 4.69) is 5.10 Å². The summed E-state index contributed by atoms with van der Waals surface area (Å²) in [5, 5.41) is 39.8. The minimum absolute atomic E-state index is 0.0736. The Bertz CT molecular complexity index is 578. The molecule has 7 heteroatoms. The first-order valence-corrected chi connectivity index (χ1v) is 5.90. The van der Waals surface area contributed by atoms with Gasteiger partial charge in [-0.25, -0.2) is 0 Å². The van der Waals surface area contributed by atoms with E-state index in [9.17, 15) is 5.21 Å². The Labute approximate surface area is 109 Å². The van der Waals surface area contributed by atoms with Gasteiger partial charge in [-0.15, -0.1) is 5.10 Å². The SMILES string of the molecule is N=c1ccc(N(CCO)CCO)c2n(O)nccc1-2. The van der Waals surface area contributed by atoms with Gasteiger partial charge in [-0.1, -0.05) is 4.85 Å². The second-order valence-electron chi connectivity index (χ2n) is 4.05. The van der Waals surface area contributed by atoms with E-state index in [1.807, 2.05) is 0 Å². The van der Waals surface area contributed by atoms with Gasteiger partial charge in [-0.05, 0) is 18.2 Å². The van der Waals surface area contributed by atoms with Crippen LogP contribution in [-0.4, -0.2) is 51.7 Å². The molecule has 0 aromatic heterocycles. The quantitative estimate of drug-likeness (QED) is 0.545. The molecule has 0 fully saturated rings. The molecule has 1 heterocycles. The number of nitrogens with zero attached hydrogens (tertiary/aromatic N) is 3. The molecule has 4 N–H and O–H groups in total. The van der Waals surface area contributed by atoms with Gasteiger partial charge in [-0.3, -0.25) is 0 Å². The molecule has 0 saturated heterocycles. The summed E-state index contributed by atoms with van der Waals surface area (Å²) in [6.45, 7) is 0.495. The first-order chi connectivity index (χ1) is 9.19. The Morgan fingerprint density at radius 3 is 2.47 bits per heavy atom. The van der Waals surface area contributed by atoms with Crippen LogP contribution in [0.1, 0.15) is 0 Å². The Morgan fingerprint density at radius 2 is 1.84 bits per heavy atom. The second-order valence-corrected chi connectivity index (χ2v) is 4.05. The van der Waals surface area contributed by atoms with Crippen LogP contribution in [0.4, 0.5) is 5.69 Å². The summed E-state index contributed by atoms with van der Waals surface area (Å²) in [7, 11) is 0. The summed E-state index contributed by atoms with van der Waals surface area (Å²) >= 11 is 0. The molecule has 1 aliphatic heterocycles. The Kier molecular flexibility index (Phi) is 3.98. The van der Waals surface area contributed by atoms with E-state index in [0.29, 0.717) is 34.9 Å². The molecule has 1 aliphatic carbocycles. The number of aliphatic hydroxyl groups is 2. The van der Waals surface area contributed by atoms with Crippen LogP contribution < -0.4 is 10.3 Å². The molecule has 2 aliphatic rings. The van der Waals surface area contributed by atoms with Crippen LogP contribution in [0.3, 0.4) is 0 Å². The standard InChI is InChI=1S/C12H16N4O3/c13-10-1-2-11(15(5-7-17)6-8-18)12-9(10)3-4-14-16(12)19/h1-4,13,17-19H,5-8H2. The minimum Gasteiger partial charge on any atom is -0.411 e. The number of benzene rings is 1. The summed E-state index contributed by atoms with van der Waals surface area (Å²) in [6.07, 6.45) is 1.41. The van der Waals surface area contributed by atoms with Gasteiger partial charge in [0.1, 0.15) is 5.69 Å². The van der Waals surface area contributed by atoms with Crippen molar-refractivity contribution in [3.05, 3.63) is 29.8 Å². The summed E-state index contributed by atoms with van der Waals surface area (Å²) < 4.78 is 0. The number of hydrogen-bond donors (Lipinski definition) is 4. The molecule has 0 atom stereocenters. The maximum atomic E-state index is 9.83. The molecule has 0 saturated carbocycles. The Morgan fingerprint density at radius 1 is 1.16 bits per heavy atom. The fourth-order valence-corrected chi connectivity index (χ4v) is 2.05. The predicted octanol–water partition coefficient (Wildman–Crippen LogP) is -0.504. The summed E-state index contributed by atoms with van der Waals surface area (Å²) in [5.41, 5.74) is 1.55. The van der Waals surface area contributed by atoms with E-state index in [1.54, 1.807) is 23.1 Å². The maximum absolute atomic E-state index is 9.83. The van der Waals surface area contributed by atoms with E-state index in [0.717, 1.165) is 0 Å². The van der Waals surface area contributed by atoms with E-state index in [1.165, 1.54) is 6.20 Å². The van der Waals surface area contributed by atoms with Crippen LogP contribution in [0.5, 0.6) is 0 Å². The van der Waals surface area contributed by atoms with Gasteiger partial charge in [0.2, 0.25) is 0 Å². The Balaban J connectivity index is 2.60. The monoisotopic (exact) mass is 264 g/mol. The molecular formula is C12H16N4O3.